The fourth-order valence-corrected chi connectivity index (χ4v) is 9.65. The Hall–Kier alpha value is -0.260. The Balaban J connectivity index is 1.45. The lowest BCUT2D eigenvalue weighted by Gasteiger charge is -2.61. The summed E-state index contributed by atoms with van der Waals surface area (Å²) in [7, 11) is 0. The van der Waals surface area contributed by atoms with Crippen molar-refractivity contribution in [2.45, 2.75) is 112 Å². The maximum atomic E-state index is 4.12. The van der Waals surface area contributed by atoms with Crippen LogP contribution in [0.3, 0.4) is 0 Å². The Morgan fingerprint density at radius 2 is 1.59 bits per heavy atom. The summed E-state index contributed by atoms with van der Waals surface area (Å²) in [6, 6.07) is 0. The molecule has 0 saturated heterocycles. The van der Waals surface area contributed by atoms with Gasteiger partial charge in [0.1, 0.15) is 0 Å². The molecule has 4 saturated carbocycles. The third-order valence-corrected chi connectivity index (χ3v) is 11.5. The average molecular weight is 399 g/mol. The zero-order valence-electron chi connectivity index (χ0n) is 20.4. The highest BCUT2D eigenvalue weighted by atomic mass is 14.6. The molecular weight excluding hydrogens is 348 g/mol. The third kappa shape index (κ3) is 3.67. The van der Waals surface area contributed by atoms with Crippen molar-refractivity contribution in [1.29, 1.82) is 0 Å². The highest BCUT2D eigenvalue weighted by molar-refractivity contribution is 5.09. The summed E-state index contributed by atoms with van der Waals surface area (Å²) in [6.45, 7) is 16.9. The number of fused-ring (bicyclic) bond motifs is 5. The van der Waals surface area contributed by atoms with Gasteiger partial charge >= 0.3 is 0 Å². The van der Waals surface area contributed by atoms with Gasteiger partial charge in [0.15, 0.2) is 0 Å². The van der Waals surface area contributed by atoms with Gasteiger partial charge in [-0.05, 0) is 122 Å². The highest BCUT2D eigenvalue weighted by Crippen LogP contribution is 2.68. The van der Waals surface area contributed by atoms with Crippen LogP contribution < -0.4 is 0 Å². The number of hydrogen-bond donors (Lipinski definition) is 0. The summed E-state index contributed by atoms with van der Waals surface area (Å²) in [5, 5.41) is 0. The van der Waals surface area contributed by atoms with Crippen LogP contribution in [0.5, 0.6) is 0 Å². The Morgan fingerprint density at radius 3 is 2.31 bits per heavy atom. The van der Waals surface area contributed by atoms with E-state index in [1.165, 1.54) is 38.5 Å². The number of rotatable bonds is 6. The molecule has 4 fully saturated rings. The van der Waals surface area contributed by atoms with Crippen LogP contribution >= 0.6 is 0 Å². The van der Waals surface area contributed by atoms with Crippen LogP contribution in [0.4, 0.5) is 0 Å². The average Bonchev–Trinajstić information content (AvgIpc) is 3.05. The molecule has 0 aromatic rings. The van der Waals surface area contributed by atoms with Crippen LogP contribution in [-0.2, 0) is 0 Å². The monoisotopic (exact) mass is 398 g/mol. The van der Waals surface area contributed by atoms with Crippen molar-refractivity contribution < 1.29 is 0 Å². The summed E-state index contributed by atoms with van der Waals surface area (Å²) >= 11 is 0. The van der Waals surface area contributed by atoms with Crippen molar-refractivity contribution in [3.05, 3.63) is 12.7 Å². The van der Waals surface area contributed by atoms with E-state index in [4.69, 9.17) is 0 Å². The second-order valence-corrected chi connectivity index (χ2v) is 12.8. The first-order valence-electron chi connectivity index (χ1n) is 13.4. The van der Waals surface area contributed by atoms with Crippen molar-refractivity contribution in [2.24, 2.45) is 58.2 Å². The van der Waals surface area contributed by atoms with Crippen molar-refractivity contribution >= 4 is 0 Å². The first-order chi connectivity index (χ1) is 13.8. The molecule has 1 unspecified atom stereocenters. The van der Waals surface area contributed by atoms with E-state index < -0.39 is 0 Å². The van der Waals surface area contributed by atoms with Gasteiger partial charge in [-0.1, -0.05) is 53.5 Å². The second-order valence-electron chi connectivity index (χ2n) is 12.8. The van der Waals surface area contributed by atoms with Gasteiger partial charge in [-0.15, -0.1) is 6.58 Å². The van der Waals surface area contributed by atoms with Crippen molar-refractivity contribution in [2.75, 3.05) is 0 Å². The normalized spacial score (nSPS) is 46.5. The Morgan fingerprint density at radius 1 is 0.828 bits per heavy atom. The van der Waals surface area contributed by atoms with Gasteiger partial charge < -0.3 is 0 Å². The summed E-state index contributed by atoms with van der Waals surface area (Å²) in [5.41, 5.74) is 1.33. The lowest BCUT2D eigenvalue weighted by molar-refractivity contribution is -0.114. The molecule has 0 nitrogen and oxygen atoms in total. The summed E-state index contributed by atoms with van der Waals surface area (Å²) in [4.78, 5) is 0. The van der Waals surface area contributed by atoms with Crippen LogP contribution in [0, 0.1) is 58.2 Å². The smallest absolute Gasteiger partial charge is 0.0213 e. The zero-order chi connectivity index (χ0) is 20.8. The molecule has 0 aromatic carbocycles. The number of hydrogen-bond acceptors (Lipinski definition) is 0. The molecule has 4 aliphatic rings. The van der Waals surface area contributed by atoms with Crippen LogP contribution in [-0.4, -0.2) is 0 Å². The number of allylic oxidation sites excluding steroid dienone is 1. The van der Waals surface area contributed by atoms with Gasteiger partial charge in [0, 0.05) is 0 Å². The van der Waals surface area contributed by atoms with Gasteiger partial charge in [0.2, 0.25) is 0 Å². The Kier molecular flexibility index (Phi) is 6.32. The minimum Gasteiger partial charge on any atom is -0.103 e. The summed E-state index contributed by atoms with van der Waals surface area (Å²) in [5.74, 6) is 7.53. The molecule has 0 bridgehead atoms. The minimum atomic E-state index is 0.639. The third-order valence-electron chi connectivity index (χ3n) is 11.5. The van der Waals surface area contributed by atoms with E-state index in [9.17, 15) is 0 Å². The molecule has 0 heteroatoms. The van der Waals surface area contributed by atoms with Gasteiger partial charge in [-0.3, -0.25) is 0 Å². The van der Waals surface area contributed by atoms with Crippen molar-refractivity contribution in [1.82, 2.24) is 0 Å². The Bertz CT molecular complexity index is 575. The maximum Gasteiger partial charge on any atom is -0.0213 e. The molecule has 0 heterocycles. The predicted molar refractivity (Wildman–Crippen MR) is 127 cm³/mol. The van der Waals surface area contributed by atoms with Gasteiger partial charge in [-0.25, -0.2) is 0 Å². The maximum absolute atomic E-state index is 4.12. The van der Waals surface area contributed by atoms with E-state index in [0.717, 1.165) is 41.4 Å². The molecule has 4 rings (SSSR count). The molecule has 0 N–H and O–H groups in total. The molecule has 29 heavy (non-hydrogen) atoms. The van der Waals surface area contributed by atoms with Crippen LogP contribution in [0.2, 0.25) is 0 Å². The largest absolute Gasteiger partial charge is 0.103 e. The molecular formula is C29H50. The molecule has 4 aliphatic carbocycles. The molecule has 0 radical (unpaired) electrons. The van der Waals surface area contributed by atoms with Crippen molar-refractivity contribution in [3.8, 4) is 0 Å². The van der Waals surface area contributed by atoms with E-state index >= 15 is 0 Å². The van der Waals surface area contributed by atoms with E-state index in [-0.39, 0.29) is 0 Å². The predicted octanol–water partition coefficient (Wildman–Crippen LogP) is 8.91. The zero-order valence-corrected chi connectivity index (χ0v) is 20.4. The van der Waals surface area contributed by atoms with Gasteiger partial charge in [0.25, 0.3) is 0 Å². The van der Waals surface area contributed by atoms with E-state index in [0.29, 0.717) is 16.7 Å². The van der Waals surface area contributed by atoms with Crippen LogP contribution in [0.1, 0.15) is 112 Å². The molecule has 0 spiro atoms. The lowest BCUT2D eigenvalue weighted by Crippen LogP contribution is -2.53. The van der Waals surface area contributed by atoms with Crippen LogP contribution in [0.15, 0.2) is 12.7 Å². The fourth-order valence-electron chi connectivity index (χ4n) is 9.65. The molecule has 166 valence electrons. The minimum absolute atomic E-state index is 0.639. The van der Waals surface area contributed by atoms with Crippen molar-refractivity contribution in [3.63, 3.8) is 0 Å². The summed E-state index contributed by atoms with van der Waals surface area (Å²) < 4.78 is 0. The molecule has 0 amide bonds. The Labute approximate surface area is 182 Å². The van der Waals surface area contributed by atoms with Gasteiger partial charge in [0.05, 0.1) is 0 Å². The van der Waals surface area contributed by atoms with E-state index in [2.05, 4.69) is 47.3 Å². The molecule has 9 atom stereocenters. The second kappa shape index (κ2) is 8.35. The highest BCUT2D eigenvalue weighted by Gasteiger charge is 2.60. The lowest BCUT2D eigenvalue weighted by atomic mass is 9.44. The molecule has 0 aromatic heterocycles. The standard InChI is InChI=1S/C29H50/c1-7-22(20(2)3)12-11-21(4)25-15-16-26-24-14-13-23-10-8-9-18-28(23,5)27(24)17-19-29(25,26)6/h7,20-27H,1,8-19H2,2-6H3/t21-,22?,23-,24+,25-,26+,27+,28+,29-/m1/s1. The quantitative estimate of drug-likeness (QED) is 0.392. The summed E-state index contributed by atoms with van der Waals surface area (Å²) in [6.07, 6.45) is 20.4. The van der Waals surface area contributed by atoms with Gasteiger partial charge in [-0.2, -0.15) is 0 Å². The van der Waals surface area contributed by atoms with E-state index in [1.54, 1.807) is 38.5 Å². The molecule has 0 aliphatic heterocycles. The SMILES string of the molecule is C=CC(CC[C@@H](C)[C@H]1CC[C@H]2[C@@H]3CC[C@H]4CCCC[C@]4(C)[C@H]3CC[C@]12C)C(C)C. The first-order valence-corrected chi connectivity index (χ1v) is 13.4. The van der Waals surface area contributed by atoms with Crippen LogP contribution in [0.25, 0.3) is 0 Å². The first kappa shape index (κ1) is 22.0. The fraction of sp³-hybridized carbons (Fsp3) is 0.931. The van der Waals surface area contributed by atoms with E-state index in [1.807, 2.05) is 0 Å². The topological polar surface area (TPSA) is 0 Å².